The summed E-state index contributed by atoms with van der Waals surface area (Å²) in [5, 5.41) is 43.5. The predicted octanol–water partition coefficient (Wildman–Crippen LogP) is 1.97. The molecule has 0 heterocycles. The van der Waals surface area contributed by atoms with Crippen molar-refractivity contribution >= 4 is 55.6 Å². The van der Waals surface area contributed by atoms with E-state index in [9.17, 15) is 14.4 Å². The minimum Gasteiger partial charge on any atom is -1.00 e. The first-order chi connectivity index (χ1) is 14.1. The molecule has 0 aliphatic rings. The van der Waals surface area contributed by atoms with Gasteiger partial charge in [0, 0.05) is 18.4 Å². The van der Waals surface area contributed by atoms with E-state index in [1.807, 2.05) is 0 Å². The maximum Gasteiger partial charge on any atom is 2.00 e. The molecular weight excluding hydrogens is 436 g/mol. The van der Waals surface area contributed by atoms with Crippen molar-refractivity contribution in [2.24, 2.45) is 5.41 Å². The number of carbonyl (C=O) groups excluding carboxylic acids is 1. The zero-order valence-corrected chi connectivity index (χ0v) is 20.9. The van der Waals surface area contributed by atoms with Crippen LogP contribution in [0.25, 0.3) is 0 Å². The molecule has 0 unspecified atom stereocenters. The van der Waals surface area contributed by atoms with E-state index in [-0.39, 0.29) is 65.6 Å². The number of aliphatic hydroxyl groups excluding tert-OH is 3. The van der Waals surface area contributed by atoms with Gasteiger partial charge in [0.1, 0.15) is 6.61 Å². The van der Waals surface area contributed by atoms with Gasteiger partial charge in [-0.3, -0.25) is 9.59 Å². The van der Waals surface area contributed by atoms with Crippen LogP contribution in [0.2, 0.25) is 0 Å². The molecule has 0 amide bonds. The van der Waals surface area contributed by atoms with E-state index < -0.39 is 43.1 Å². The Balaban J connectivity index is -0.000000146. The third kappa shape index (κ3) is 22.3. The molecule has 180 valence electrons. The second-order valence-corrected chi connectivity index (χ2v) is 7.45. The van der Waals surface area contributed by atoms with Crippen molar-refractivity contribution in [3.05, 3.63) is 12.2 Å². The Kier molecular flexibility index (Phi) is 25.3. The summed E-state index contributed by atoms with van der Waals surface area (Å²) in [5.74, 6) is -2.04. The smallest absolute Gasteiger partial charge is 1.00 e. The molecule has 0 aromatic rings. The number of carbonyl (C=O) groups is 3. The molecule has 10 heteroatoms. The van der Waals surface area contributed by atoms with Crippen molar-refractivity contribution in [1.82, 2.24) is 0 Å². The Morgan fingerprint density at radius 2 is 1.10 bits per heavy atom. The summed E-state index contributed by atoms with van der Waals surface area (Å²) in [6, 6.07) is 0. The van der Waals surface area contributed by atoms with E-state index in [4.69, 9.17) is 30.3 Å². The molecule has 0 rings (SSSR count). The first-order valence-corrected chi connectivity index (χ1v) is 10.2. The SMILES string of the molecule is C=C(C)C(=O)OCC(CO)(CO)CO.O=C(O)CCCCCCCCCCC(=O)O.[Ca+2].[H-].[H-]. The first kappa shape index (κ1) is 34.9. The van der Waals surface area contributed by atoms with E-state index in [0.29, 0.717) is 0 Å². The summed E-state index contributed by atoms with van der Waals surface area (Å²) in [6.07, 6.45) is 8.51. The summed E-state index contributed by atoms with van der Waals surface area (Å²) < 4.78 is 4.72. The van der Waals surface area contributed by atoms with Crippen LogP contribution < -0.4 is 0 Å². The van der Waals surface area contributed by atoms with Crippen molar-refractivity contribution in [3.8, 4) is 0 Å². The standard InChI is InChI=1S/C12H22O4.C9H16O5.Ca.2H/c13-11(14)9-7-5-3-1-2-4-6-8-10-12(15)16;1-7(2)8(13)14-6-9(3-10,4-11)5-12;;;/h1-10H2,(H,13,14)(H,15,16);10-12H,1,3-6H2,2H3;;;/q;;+2;2*-1. The largest absolute Gasteiger partial charge is 2.00 e. The van der Waals surface area contributed by atoms with E-state index in [1.165, 1.54) is 6.92 Å². The van der Waals surface area contributed by atoms with Crippen LogP contribution in [0.15, 0.2) is 12.2 Å². The van der Waals surface area contributed by atoms with Gasteiger partial charge in [0.2, 0.25) is 0 Å². The molecule has 0 spiro atoms. The molecule has 0 aromatic heterocycles. The Labute approximate surface area is 217 Å². The quantitative estimate of drug-likeness (QED) is 0.0914. The summed E-state index contributed by atoms with van der Waals surface area (Å²) in [5.41, 5.74) is -0.946. The van der Waals surface area contributed by atoms with Crippen molar-refractivity contribution in [2.45, 2.75) is 71.1 Å². The second kappa shape index (κ2) is 22.5. The van der Waals surface area contributed by atoms with E-state index in [2.05, 4.69) is 6.58 Å². The van der Waals surface area contributed by atoms with Gasteiger partial charge in [-0.05, 0) is 19.8 Å². The molecule has 31 heavy (non-hydrogen) atoms. The number of rotatable bonds is 17. The van der Waals surface area contributed by atoms with Crippen LogP contribution in [-0.2, 0) is 19.1 Å². The van der Waals surface area contributed by atoms with Gasteiger partial charge in [-0.1, -0.05) is 45.1 Å². The van der Waals surface area contributed by atoms with E-state index in [0.717, 1.165) is 51.4 Å². The Hall–Kier alpha value is -0.710. The Morgan fingerprint density at radius 3 is 1.35 bits per heavy atom. The molecule has 9 nitrogen and oxygen atoms in total. The molecule has 0 aromatic carbocycles. The third-order valence-corrected chi connectivity index (χ3v) is 4.40. The van der Waals surface area contributed by atoms with Crippen molar-refractivity contribution < 1.29 is 47.5 Å². The molecule has 0 saturated heterocycles. The fourth-order valence-electron chi connectivity index (χ4n) is 2.24. The molecule has 0 atom stereocenters. The minimum atomic E-state index is -1.18. The van der Waals surface area contributed by atoms with Crippen LogP contribution in [0.1, 0.15) is 74.0 Å². The predicted molar refractivity (Wildman–Crippen MR) is 119 cm³/mol. The van der Waals surface area contributed by atoms with Gasteiger partial charge in [-0.2, -0.15) is 0 Å². The number of esters is 1. The number of aliphatic carboxylic acids is 2. The first-order valence-electron chi connectivity index (χ1n) is 10.2. The van der Waals surface area contributed by atoms with Crippen LogP contribution in [0.3, 0.4) is 0 Å². The van der Waals surface area contributed by atoms with Gasteiger partial charge in [0.25, 0.3) is 0 Å². The second-order valence-electron chi connectivity index (χ2n) is 7.45. The third-order valence-electron chi connectivity index (χ3n) is 4.40. The fraction of sp³-hybridized carbons (Fsp3) is 0.762. The number of hydrogen-bond acceptors (Lipinski definition) is 7. The van der Waals surface area contributed by atoms with Gasteiger partial charge in [-0.25, -0.2) is 4.79 Å². The number of ether oxygens (including phenoxy) is 1. The number of unbranched alkanes of at least 4 members (excludes halogenated alkanes) is 7. The minimum absolute atomic E-state index is 0. The van der Waals surface area contributed by atoms with Crippen molar-refractivity contribution in [1.29, 1.82) is 0 Å². The Bertz CT molecular complexity index is 486. The average molecular weight is 477 g/mol. The van der Waals surface area contributed by atoms with Gasteiger partial charge in [-0.15, -0.1) is 0 Å². The van der Waals surface area contributed by atoms with Crippen molar-refractivity contribution in [3.63, 3.8) is 0 Å². The van der Waals surface area contributed by atoms with Crippen LogP contribution in [0, 0.1) is 5.41 Å². The maximum atomic E-state index is 11.0. The molecule has 0 aliphatic carbocycles. The zero-order valence-electron chi connectivity index (χ0n) is 20.7. The average Bonchev–Trinajstić information content (AvgIpc) is 2.70. The topological polar surface area (TPSA) is 162 Å². The number of hydrogen-bond donors (Lipinski definition) is 5. The molecule has 0 fully saturated rings. The van der Waals surface area contributed by atoms with Gasteiger partial charge >= 0.3 is 55.6 Å². The normalized spacial score (nSPS) is 10.3. The summed E-state index contributed by atoms with van der Waals surface area (Å²) in [7, 11) is 0. The van der Waals surface area contributed by atoms with Gasteiger partial charge < -0.3 is 33.1 Å². The molecule has 0 saturated carbocycles. The molecule has 0 radical (unpaired) electrons. The fourth-order valence-corrected chi connectivity index (χ4v) is 2.24. The maximum absolute atomic E-state index is 11.0. The number of aliphatic hydroxyl groups is 3. The van der Waals surface area contributed by atoms with E-state index >= 15 is 0 Å². The van der Waals surface area contributed by atoms with E-state index in [1.54, 1.807) is 0 Å². The monoisotopic (exact) mass is 476 g/mol. The summed E-state index contributed by atoms with van der Waals surface area (Å²) in [6.45, 7) is 3.26. The summed E-state index contributed by atoms with van der Waals surface area (Å²) >= 11 is 0. The van der Waals surface area contributed by atoms with Gasteiger partial charge in [0.05, 0.1) is 25.2 Å². The molecule has 0 aliphatic heterocycles. The Morgan fingerprint density at radius 1 is 0.774 bits per heavy atom. The van der Waals surface area contributed by atoms with Crippen LogP contribution >= 0.6 is 0 Å². The number of carboxylic acid groups (broad SMARTS) is 2. The van der Waals surface area contributed by atoms with Gasteiger partial charge in [0.15, 0.2) is 0 Å². The number of carboxylic acids is 2. The molecular formula is C21H40CaO9. The molecule has 0 bridgehead atoms. The van der Waals surface area contributed by atoms with Crippen LogP contribution in [0.4, 0.5) is 0 Å². The molecule has 5 N–H and O–H groups in total. The van der Waals surface area contributed by atoms with Crippen molar-refractivity contribution in [2.75, 3.05) is 26.4 Å². The summed E-state index contributed by atoms with van der Waals surface area (Å²) in [4.78, 5) is 31.4. The van der Waals surface area contributed by atoms with Crippen LogP contribution in [0.5, 0.6) is 0 Å². The zero-order chi connectivity index (χ0) is 23.4. The van der Waals surface area contributed by atoms with Crippen LogP contribution in [-0.4, -0.2) is 108 Å².